The third-order valence-electron chi connectivity index (χ3n) is 2.39. The molecule has 0 spiro atoms. The van der Waals surface area contributed by atoms with Gasteiger partial charge in [0.25, 0.3) is 0 Å². The molecule has 18 heavy (non-hydrogen) atoms. The van der Waals surface area contributed by atoms with Gasteiger partial charge in [-0.2, -0.15) is 0 Å². The van der Waals surface area contributed by atoms with Crippen molar-refractivity contribution in [2.75, 3.05) is 12.3 Å². The van der Waals surface area contributed by atoms with Gasteiger partial charge in [0.15, 0.2) is 0 Å². The van der Waals surface area contributed by atoms with Gasteiger partial charge in [0.05, 0.1) is 0 Å². The van der Waals surface area contributed by atoms with E-state index in [9.17, 15) is 4.79 Å². The number of benzene rings is 1. The molecule has 1 atom stereocenters. The number of thioether (sulfide) groups is 1. The van der Waals surface area contributed by atoms with Crippen LogP contribution in [-0.2, 0) is 4.79 Å². The summed E-state index contributed by atoms with van der Waals surface area (Å²) in [6.45, 7) is 2.38. The molecule has 0 radical (unpaired) electrons. The first kappa shape index (κ1) is 15.3. The van der Waals surface area contributed by atoms with Gasteiger partial charge in [0.2, 0.25) is 5.91 Å². The predicted molar refractivity (Wildman–Crippen MR) is 78.1 cm³/mol. The molecular formula is C13H19ClN2OS. The lowest BCUT2D eigenvalue weighted by atomic mass is 10.3. The minimum absolute atomic E-state index is 0.0569. The molecule has 3 nitrogen and oxygen atoms in total. The maximum absolute atomic E-state index is 11.5. The summed E-state index contributed by atoms with van der Waals surface area (Å²) < 4.78 is 0. The molecule has 0 bridgehead atoms. The number of carbonyl (C=O) groups excluding carboxylic acids is 1. The topological polar surface area (TPSA) is 55.1 Å². The molecule has 0 aliphatic rings. The average Bonchev–Trinajstić information content (AvgIpc) is 2.36. The lowest BCUT2D eigenvalue weighted by Gasteiger charge is -2.10. The monoisotopic (exact) mass is 286 g/mol. The first-order valence-corrected chi connectivity index (χ1v) is 7.36. The first-order valence-electron chi connectivity index (χ1n) is 5.99. The summed E-state index contributed by atoms with van der Waals surface area (Å²) in [5.41, 5.74) is 5.43. The van der Waals surface area contributed by atoms with Crippen LogP contribution in [0.25, 0.3) is 0 Å². The zero-order chi connectivity index (χ0) is 13.4. The van der Waals surface area contributed by atoms with Crippen molar-refractivity contribution in [2.24, 2.45) is 5.73 Å². The Balaban J connectivity index is 2.15. The van der Waals surface area contributed by atoms with E-state index in [2.05, 4.69) is 5.32 Å². The largest absolute Gasteiger partial charge is 0.352 e. The van der Waals surface area contributed by atoms with E-state index in [4.69, 9.17) is 17.3 Å². The highest BCUT2D eigenvalue weighted by Crippen LogP contribution is 2.21. The normalized spacial score (nSPS) is 12.2. The fraction of sp³-hybridized carbons (Fsp3) is 0.462. The Kier molecular flexibility index (Phi) is 7.16. The summed E-state index contributed by atoms with van der Waals surface area (Å²) in [7, 11) is 0. The van der Waals surface area contributed by atoms with Gasteiger partial charge in [-0.25, -0.2) is 0 Å². The quantitative estimate of drug-likeness (QED) is 0.598. The third kappa shape index (κ3) is 6.28. The highest BCUT2D eigenvalue weighted by Gasteiger charge is 2.05. The van der Waals surface area contributed by atoms with Crippen molar-refractivity contribution >= 4 is 29.3 Å². The van der Waals surface area contributed by atoms with Crippen LogP contribution in [0, 0.1) is 0 Å². The van der Waals surface area contributed by atoms with E-state index in [-0.39, 0.29) is 11.9 Å². The molecule has 1 rings (SSSR count). The van der Waals surface area contributed by atoms with Crippen LogP contribution in [-0.4, -0.2) is 24.2 Å². The lowest BCUT2D eigenvalue weighted by Crippen LogP contribution is -2.37. The molecule has 1 aromatic rings. The van der Waals surface area contributed by atoms with E-state index in [1.54, 1.807) is 11.8 Å². The van der Waals surface area contributed by atoms with Crippen molar-refractivity contribution in [3.63, 3.8) is 0 Å². The number of carbonyl (C=O) groups is 1. The molecule has 0 unspecified atom stereocenters. The van der Waals surface area contributed by atoms with Crippen LogP contribution in [0.15, 0.2) is 29.2 Å². The molecule has 5 heteroatoms. The standard InChI is InChI=1S/C13H19ClN2OS/c1-10(9-15)16-13(17)3-2-8-18-12-6-4-11(14)5-7-12/h4-7,10H,2-3,8-9,15H2,1H3,(H,16,17)/t10-/m0/s1. The molecule has 1 aromatic carbocycles. The second-order valence-corrected chi connectivity index (χ2v) is 5.71. The molecule has 0 heterocycles. The van der Waals surface area contributed by atoms with E-state index in [0.29, 0.717) is 13.0 Å². The van der Waals surface area contributed by atoms with E-state index < -0.39 is 0 Å². The smallest absolute Gasteiger partial charge is 0.220 e. The Hall–Kier alpha value is -0.710. The number of hydrogen-bond acceptors (Lipinski definition) is 3. The number of hydrogen-bond donors (Lipinski definition) is 2. The maximum atomic E-state index is 11.5. The van der Waals surface area contributed by atoms with Crippen molar-refractivity contribution in [3.8, 4) is 0 Å². The van der Waals surface area contributed by atoms with Crippen molar-refractivity contribution < 1.29 is 4.79 Å². The van der Waals surface area contributed by atoms with Crippen molar-refractivity contribution in [2.45, 2.75) is 30.7 Å². The second kappa shape index (κ2) is 8.40. The molecule has 100 valence electrons. The Morgan fingerprint density at radius 1 is 1.44 bits per heavy atom. The van der Waals surface area contributed by atoms with Gasteiger partial charge < -0.3 is 11.1 Å². The first-order chi connectivity index (χ1) is 8.61. The van der Waals surface area contributed by atoms with Crippen LogP contribution in [0.2, 0.25) is 5.02 Å². The van der Waals surface area contributed by atoms with Crippen LogP contribution >= 0.6 is 23.4 Å². The van der Waals surface area contributed by atoms with E-state index in [0.717, 1.165) is 17.2 Å². The zero-order valence-electron chi connectivity index (χ0n) is 10.5. The van der Waals surface area contributed by atoms with Gasteiger partial charge in [-0.3, -0.25) is 4.79 Å². The van der Waals surface area contributed by atoms with Crippen LogP contribution in [0.5, 0.6) is 0 Å². The van der Waals surface area contributed by atoms with Gasteiger partial charge in [-0.15, -0.1) is 11.8 Å². The molecule has 0 aliphatic carbocycles. The summed E-state index contributed by atoms with van der Waals surface area (Å²) in [4.78, 5) is 12.7. The summed E-state index contributed by atoms with van der Waals surface area (Å²) in [6, 6.07) is 7.79. The molecule has 0 aromatic heterocycles. The highest BCUT2D eigenvalue weighted by molar-refractivity contribution is 7.99. The molecule has 0 aliphatic heterocycles. The van der Waals surface area contributed by atoms with Crippen molar-refractivity contribution in [1.82, 2.24) is 5.32 Å². The number of halogens is 1. The molecular weight excluding hydrogens is 268 g/mol. The third-order valence-corrected chi connectivity index (χ3v) is 3.74. The Morgan fingerprint density at radius 3 is 2.72 bits per heavy atom. The number of nitrogens with two attached hydrogens (primary N) is 1. The average molecular weight is 287 g/mol. The fourth-order valence-corrected chi connectivity index (χ4v) is 2.34. The molecule has 0 fully saturated rings. The molecule has 0 saturated carbocycles. The lowest BCUT2D eigenvalue weighted by molar-refractivity contribution is -0.121. The maximum Gasteiger partial charge on any atom is 0.220 e. The van der Waals surface area contributed by atoms with Gasteiger partial charge in [0.1, 0.15) is 0 Å². The summed E-state index contributed by atoms with van der Waals surface area (Å²) in [6.07, 6.45) is 1.40. The summed E-state index contributed by atoms with van der Waals surface area (Å²) in [5, 5.41) is 3.59. The van der Waals surface area contributed by atoms with Gasteiger partial charge >= 0.3 is 0 Å². The Morgan fingerprint density at radius 2 is 2.11 bits per heavy atom. The van der Waals surface area contributed by atoms with Crippen molar-refractivity contribution in [3.05, 3.63) is 29.3 Å². The van der Waals surface area contributed by atoms with Crippen molar-refractivity contribution in [1.29, 1.82) is 0 Å². The van der Waals surface area contributed by atoms with Crippen LogP contribution in [0.3, 0.4) is 0 Å². The fourth-order valence-electron chi connectivity index (χ4n) is 1.36. The molecule has 3 N–H and O–H groups in total. The number of nitrogens with one attached hydrogen (secondary N) is 1. The number of amides is 1. The minimum Gasteiger partial charge on any atom is -0.352 e. The predicted octanol–water partition coefficient (Wildman–Crippen LogP) is 2.68. The second-order valence-electron chi connectivity index (χ2n) is 4.11. The SMILES string of the molecule is C[C@@H](CN)NC(=O)CCCSc1ccc(Cl)cc1. The Labute approximate surface area is 117 Å². The van der Waals surface area contributed by atoms with Crippen LogP contribution in [0.1, 0.15) is 19.8 Å². The van der Waals surface area contributed by atoms with Gasteiger partial charge in [0, 0.05) is 28.9 Å². The zero-order valence-corrected chi connectivity index (χ0v) is 12.1. The van der Waals surface area contributed by atoms with Crippen LogP contribution < -0.4 is 11.1 Å². The minimum atomic E-state index is 0.0569. The molecule has 1 amide bonds. The van der Waals surface area contributed by atoms with E-state index in [1.807, 2.05) is 31.2 Å². The highest BCUT2D eigenvalue weighted by atomic mass is 35.5. The van der Waals surface area contributed by atoms with Gasteiger partial charge in [-0.05, 0) is 43.4 Å². The Bertz CT molecular complexity index is 370. The number of rotatable bonds is 7. The summed E-state index contributed by atoms with van der Waals surface area (Å²) in [5.74, 6) is 0.996. The van der Waals surface area contributed by atoms with Gasteiger partial charge in [-0.1, -0.05) is 11.6 Å². The van der Waals surface area contributed by atoms with E-state index in [1.165, 1.54) is 4.90 Å². The molecule has 0 saturated heterocycles. The van der Waals surface area contributed by atoms with Crippen LogP contribution in [0.4, 0.5) is 0 Å². The van der Waals surface area contributed by atoms with E-state index >= 15 is 0 Å². The summed E-state index contributed by atoms with van der Waals surface area (Å²) >= 11 is 7.54.